The smallest absolute Gasteiger partial charge is 0.0334 e. The van der Waals surface area contributed by atoms with Gasteiger partial charge in [0.05, 0.1) is 0 Å². The zero-order valence-corrected chi connectivity index (χ0v) is 13.9. The normalized spacial score (nSPS) is 12.4. The summed E-state index contributed by atoms with van der Waals surface area (Å²) in [4.78, 5) is 0. The van der Waals surface area contributed by atoms with Gasteiger partial charge in [-0.1, -0.05) is 28.9 Å². The number of hydrogen-bond donors (Lipinski definition) is 1. The maximum absolute atomic E-state index is 3.81. The highest BCUT2D eigenvalue weighted by Crippen LogP contribution is 2.27. The highest BCUT2D eigenvalue weighted by atomic mass is 127. The third-order valence-corrected chi connectivity index (χ3v) is 4.11. The van der Waals surface area contributed by atoms with Crippen molar-refractivity contribution in [1.82, 2.24) is 5.32 Å². The lowest BCUT2D eigenvalue weighted by atomic mass is 10.0. The van der Waals surface area contributed by atoms with E-state index in [4.69, 9.17) is 0 Å². The molecule has 1 rings (SSSR count). The molecule has 0 aliphatic rings. The minimum absolute atomic E-state index is 0.428. The summed E-state index contributed by atoms with van der Waals surface area (Å²) in [7, 11) is 0. The van der Waals surface area contributed by atoms with Crippen LogP contribution in [0.4, 0.5) is 0 Å². The fourth-order valence-electron chi connectivity index (χ4n) is 1.75. The third kappa shape index (κ3) is 5.10. The lowest BCUT2D eigenvalue weighted by Gasteiger charge is -2.20. The van der Waals surface area contributed by atoms with Crippen molar-refractivity contribution in [1.29, 1.82) is 0 Å². The first-order valence-corrected chi connectivity index (χ1v) is 7.85. The van der Waals surface area contributed by atoms with E-state index in [1.807, 2.05) is 6.08 Å². The minimum Gasteiger partial charge on any atom is -0.310 e. The molecule has 0 spiro atoms. The van der Waals surface area contributed by atoms with Gasteiger partial charge in [0, 0.05) is 14.1 Å². The van der Waals surface area contributed by atoms with Crippen LogP contribution in [0.2, 0.25) is 0 Å². The van der Waals surface area contributed by atoms with Gasteiger partial charge in [0.2, 0.25) is 0 Å². The molecule has 0 aromatic heterocycles. The van der Waals surface area contributed by atoms with Gasteiger partial charge in [-0.05, 0) is 72.2 Å². The van der Waals surface area contributed by atoms with Gasteiger partial charge in [-0.3, -0.25) is 0 Å². The predicted octanol–water partition coefficient (Wildman–Crippen LogP) is 5.06. The molecule has 0 radical (unpaired) electrons. The number of allylic oxidation sites excluding steroid dienone is 1. The molecule has 0 saturated heterocycles. The van der Waals surface area contributed by atoms with Crippen LogP contribution in [0, 0.1) is 3.57 Å². The summed E-state index contributed by atoms with van der Waals surface area (Å²) >= 11 is 5.96. The summed E-state index contributed by atoms with van der Waals surface area (Å²) in [5.74, 6) is 0. The van der Waals surface area contributed by atoms with Crippen LogP contribution in [0.5, 0.6) is 0 Å². The van der Waals surface area contributed by atoms with Crippen LogP contribution in [0.15, 0.2) is 35.3 Å². The molecule has 94 valence electrons. The first-order chi connectivity index (χ1) is 8.19. The monoisotopic (exact) mass is 407 g/mol. The molecule has 0 aliphatic carbocycles. The summed E-state index contributed by atoms with van der Waals surface area (Å²) in [5, 5.41) is 3.62. The van der Waals surface area contributed by atoms with Gasteiger partial charge in [0.15, 0.2) is 0 Å². The average Bonchev–Trinajstić information content (AvgIpc) is 2.33. The summed E-state index contributed by atoms with van der Waals surface area (Å²) in [5.41, 5.74) is 1.38. The summed E-state index contributed by atoms with van der Waals surface area (Å²) < 4.78 is 2.47. The van der Waals surface area contributed by atoms with Crippen molar-refractivity contribution in [2.45, 2.75) is 32.2 Å². The number of nitrogens with one attached hydrogen (secondary N) is 1. The van der Waals surface area contributed by atoms with Gasteiger partial charge >= 0.3 is 0 Å². The van der Waals surface area contributed by atoms with E-state index in [1.54, 1.807) is 0 Å². The molecule has 1 N–H and O–H groups in total. The number of rotatable bonds is 7. The van der Waals surface area contributed by atoms with Gasteiger partial charge in [-0.15, -0.1) is 6.58 Å². The Labute approximate surface area is 126 Å². The maximum Gasteiger partial charge on any atom is 0.0334 e. The molecule has 1 nitrogen and oxygen atoms in total. The molecule has 1 aromatic carbocycles. The molecule has 0 saturated carbocycles. The van der Waals surface area contributed by atoms with E-state index in [1.165, 1.54) is 9.13 Å². The van der Waals surface area contributed by atoms with Crippen molar-refractivity contribution >= 4 is 38.5 Å². The Morgan fingerprint density at radius 2 is 2.29 bits per heavy atom. The number of benzene rings is 1. The van der Waals surface area contributed by atoms with Crippen LogP contribution in [0.1, 0.15) is 37.8 Å². The number of hydrogen-bond acceptors (Lipinski definition) is 1. The van der Waals surface area contributed by atoms with Crippen LogP contribution >= 0.6 is 38.5 Å². The third-order valence-electron chi connectivity index (χ3n) is 2.63. The van der Waals surface area contributed by atoms with Gasteiger partial charge in [0.1, 0.15) is 0 Å². The second-order valence-corrected chi connectivity index (χ2v) is 6.12. The lowest BCUT2D eigenvalue weighted by molar-refractivity contribution is 0.501. The molecule has 1 atom stereocenters. The van der Waals surface area contributed by atoms with E-state index in [2.05, 4.69) is 75.5 Å². The summed E-state index contributed by atoms with van der Waals surface area (Å²) in [6.45, 7) is 7.07. The van der Waals surface area contributed by atoms with E-state index in [0.717, 1.165) is 30.3 Å². The molecule has 0 amide bonds. The molecular weight excluding hydrogens is 389 g/mol. The summed E-state index contributed by atoms with van der Waals surface area (Å²) in [6.07, 6.45) is 5.31. The van der Waals surface area contributed by atoms with Crippen molar-refractivity contribution in [3.63, 3.8) is 0 Å². The second kappa shape index (κ2) is 8.27. The fraction of sp³-hybridized carbons (Fsp3) is 0.429. The standard InChI is InChI=1S/C14H19BrIN/c1-3-5-6-14(17-9-4-2)12-10-11(15)7-8-13(12)16/h3,7-8,10,14,17H,1,4-6,9H2,2H3. The van der Waals surface area contributed by atoms with E-state index in [0.29, 0.717) is 6.04 Å². The van der Waals surface area contributed by atoms with Crippen LogP contribution in [0.25, 0.3) is 0 Å². The van der Waals surface area contributed by atoms with Gasteiger partial charge < -0.3 is 5.32 Å². The fourth-order valence-corrected chi connectivity index (χ4v) is 2.84. The van der Waals surface area contributed by atoms with Crippen molar-refractivity contribution < 1.29 is 0 Å². The van der Waals surface area contributed by atoms with Crippen LogP contribution < -0.4 is 5.32 Å². The largest absolute Gasteiger partial charge is 0.310 e. The molecule has 1 aromatic rings. The van der Waals surface area contributed by atoms with Crippen LogP contribution in [0.3, 0.4) is 0 Å². The Hall–Kier alpha value is 0.130. The average molecular weight is 408 g/mol. The van der Waals surface area contributed by atoms with Gasteiger partial charge in [-0.25, -0.2) is 0 Å². The van der Waals surface area contributed by atoms with Crippen LogP contribution in [-0.4, -0.2) is 6.54 Å². The van der Waals surface area contributed by atoms with E-state index < -0.39 is 0 Å². The highest BCUT2D eigenvalue weighted by molar-refractivity contribution is 14.1. The predicted molar refractivity (Wildman–Crippen MR) is 87.3 cm³/mol. The SMILES string of the molecule is C=CCCC(NCCC)c1cc(Br)ccc1I. The van der Waals surface area contributed by atoms with E-state index >= 15 is 0 Å². The topological polar surface area (TPSA) is 12.0 Å². The molecule has 3 heteroatoms. The highest BCUT2D eigenvalue weighted by Gasteiger charge is 2.13. The van der Waals surface area contributed by atoms with Crippen molar-refractivity contribution in [3.8, 4) is 0 Å². The van der Waals surface area contributed by atoms with E-state index in [9.17, 15) is 0 Å². The molecule has 0 fully saturated rings. The van der Waals surface area contributed by atoms with Crippen molar-refractivity contribution in [2.75, 3.05) is 6.54 Å². The molecule has 0 bridgehead atoms. The number of halogens is 2. The zero-order chi connectivity index (χ0) is 12.7. The molecule has 1 unspecified atom stereocenters. The summed E-state index contributed by atoms with van der Waals surface area (Å²) in [6, 6.07) is 6.90. The zero-order valence-electron chi connectivity index (χ0n) is 10.2. The molecule has 17 heavy (non-hydrogen) atoms. The van der Waals surface area contributed by atoms with Gasteiger partial charge in [0.25, 0.3) is 0 Å². The lowest BCUT2D eigenvalue weighted by Crippen LogP contribution is -2.22. The molecular formula is C14H19BrIN. The Bertz CT molecular complexity index is 365. The quantitative estimate of drug-likeness (QED) is 0.492. The Morgan fingerprint density at radius 3 is 2.94 bits per heavy atom. The molecule has 0 heterocycles. The molecule has 0 aliphatic heterocycles. The Kier molecular flexibility index (Phi) is 7.39. The Balaban J connectivity index is 2.85. The second-order valence-electron chi connectivity index (χ2n) is 4.04. The van der Waals surface area contributed by atoms with Crippen LogP contribution in [-0.2, 0) is 0 Å². The first-order valence-electron chi connectivity index (χ1n) is 5.98. The van der Waals surface area contributed by atoms with Crippen molar-refractivity contribution in [3.05, 3.63) is 44.5 Å². The van der Waals surface area contributed by atoms with E-state index in [-0.39, 0.29) is 0 Å². The first kappa shape index (κ1) is 15.2. The maximum atomic E-state index is 3.81. The Morgan fingerprint density at radius 1 is 1.53 bits per heavy atom. The van der Waals surface area contributed by atoms with Gasteiger partial charge in [-0.2, -0.15) is 0 Å². The van der Waals surface area contributed by atoms with Crippen molar-refractivity contribution in [2.24, 2.45) is 0 Å². The minimum atomic E-state index is 0.428.